The van der Waals surface area contributed by atoms with Crippen LogP contribution in [0.5, 0.6) is 5.75 Å². The number of rotatable bonds is 5. The summed E-state index contributed by atoms with van der Waals surface area (Å²) >= 11 is 0. The van der Waals surface area contributed by atoms with Gasteiger partial charge in [0.15, 0.2) is 0 Å². The van der Waals surface area contributed by atoms with Gasteiger partial charge in [-0.05, 0) is 36.8 Å². The molecular formula is C22H28N2O4. The number of amides is 2. The predicted octanol–water partition coefficient (Wildman–Crippen LogP) is 3.07. The summed E-state index contributed by atoms with van der Waals surface area (Å²) in [6.07, 6.45) is 6.06. The number of hydrogen-bond acceptors (Lipinski definition) is 4. The zero-order valence-electron chi connectivity index (χ0n) is 16.3. The Morgan fingerprint density at radius 2 is 1.89 bits per heavy atom. The molecule has 2 saturated heterocycles. The molecular weight excluding hydrogens is 356 g/mol. The van der Waals surface area contributed by atoms with Gasteiger partial charge in [0.1, 0.15) is 18.0 Å². The topological polar surface area (TPSA) is 59.1 Å². The van der Waals surface area contributed by atoms with Crippen LogP contribution in [0.1, 0.15) is 38.5 Å². The van der Waals surface area contributed by atoms with Gasteiger partial charge in [0.25, 0.3) is 0 Å². The van der Waals surface area contributed by atoms with Crippen LogP contribution in [0.15, 0.2) is 30.3 Å². The van der Waals surface area contributed by atoms with Crippen LogP contribution in [-0.2, 0) is 9.53 Å². The maximum atomic E-state index is 12.8. The summed E-state index contributed by atoms with van der Waals surface area (Å²) in [7, 11) is 0. The SMILES string of the molecule is O=C1OC2(CCN(C(=O)[C@@H]3CC34CCC4)CC2)CN1CCOc1ccccc1. The smallest absolute Gasteiger partial charge is 0.410 e. The number of hydrogen-bond donors (Lipinski definition) is 0. The summed E-state index contributed by atoms with van der Waals surface area (Å²) in [5.41, 5.74) is -0.0556. The van der Waals surface area contributed by atoms with Crippen LogP contribution in [0.4, 0.5) is 4.79 Å². The first-order valence-electron chi connectivity index (χ1n) is 10.5. The van der Waals surface area contributed by atoms with E-state index in [1.807, 2.05) is 35.2 Å². The van der Waals surface area contributed by atoms with Gasteiger partial charge in [0, 0.05) is 31.8 Å². The molecule has 2 heterocycles. The van der Waals surface area contributed by atoms with E-state index in [1.165, 1.54) is 19.3 Å². The first-order valence-corrected chi connectivity index (χ1v) is 10.5. The van der Waals surface area contributed by atoms with E-state index in [-0.39, 0.29) is 12.0 Å². The van der Waals surface area contributed by atoms with Gasteiger partial charge in [-0.1, -0.05) is 24.6 Å². The fraction of sp³-hybridized carbons (Fsp3) is 0.636. The molecule has 0 radical (unpaired) electrons. The van der Waals surface area contributed by atoms with Gasteiger partial charge >= 0.3 is 6.09 Å². The highest BCUT2D eigenvalue weighted by atomic mass is 16.6. The quantitative estimate of drug-likeness (QED) is 0.783. The average molecular weight is 384 g/mol. The van der Waals surface area contributed by atoms with Gasteiger partial charge in [-0.2, -0.15) is 0 Å². The van der Waals surface area contributed by atoms with Crippen molar-refractivity contribution in [3.63, 3.8) is 0 Å². The Bertz CT molecular complexity index is 753. The maximum Gasteiger partial charge on any atom is 0.410 e. The first kappa shape index (κ1) is 17.8. The summed E-state index contributed by atoms with van der Waals surface area (Å²) in [5.74, 6) is 1.42. The van der Waals surface area contributed by atoms with Crippen molar-refractivity contribution in [2.24, 2.45) is 11.3 Å². The fourth-order valence-electron chi connectivity index (χ4n) is 5.15. The van der Waals surface area contributed by atoms with Crippen molar-refractivity contribution >= 4 is 12.0 Å². The van der Waals surface area contributed by atoms with Gasteiger partial charge < -0.3 is 19.3 Å². The Morgan fingerprint density at radius 1 is 1.14 bits per heavy atom. The van der Waals surface area contributed by atoms with Crippen molar-refractivity contribution in [1.82, 2.24) is 9.80 Å². The second-order valence-electron chi connectivity index (χ2n) is 8.93. The summed E-state index contributed by atoms with van der Waals surface area (Å²) < 4.78 is 11.5. The van der Waals surface area contributed by atoms with Gasteiger partial charge in [-0.25, -0.2) is 4.79 Å². The number of nitrogens with zero attached hydrogens (tertiary/aromatic N) is 2. The molecule has 1 aromatic carbocycles. The van der Waals surface area contributed by atoms with E-state index >= 15 is 0 Å². The molecule has 0 N–H and O–H groups in total. The molecule has 0 aromatic heterocycles. The first-order chi connectivity index (χ1) is 13.6. The van der Waals surface area contributed by atoms with Gasteiger partial charge in [0.2, 0.25) is 5.91 Å². The molecule has 2 amide bonds. The van der Waals surface area contributed by atoms with Crippen LogP contribution < -0.4 is 4.74 Å². The van der Waals surface area contributed by atoms with Gasteiger partial charge in [-0.15, -0.1) is 0 Å². The van der Waals surface area contributed by atoms with E-state index in [4.69, 9.17) is 9.47 Å². The van der Waals surface area contributed by atoms with Crippen molar-refractivity contribution in [3.8, 4) is 5.75 Å². The molecule has 6 nitrogen and oxygen atoms in total. The van der Waals surface area contributed by atoms with E-state index in [9.17, 15) is 9.59 Å². The molecule has 5 rings (SSSR count). The zero-order chi connectivity index (χ0) is 19.2. The van der Waals surface area contributed by atoms with Crippen LogP contribution in [0.25, 0.3) is 0 Å². The van der Waals surface area contributed by atoms with Crippen molar-refractivity contribution in [1.29, 1.82) is 0 Å². The Labute approximate surface area is 165 Å². The van der Waals surface area contributed by atoms with E-state index in [0.717, 1.165) is 25.0 Å². The number of benzene rings is 1. The third-order valence-corrected chi connectivity index (χ3v) is 7.24. The zero-order valence-corrected chi connectivity index (χ0v) is 16.3. The highest BCUT2D eigenvalue weighted by Gasteiger charge is 2.62. The molecule has 4 fully saturated rings. The third-order valence-electron chi connectivity index (χ3n) is 7.24. The van der Waals surface area contributed by atoms with E-state index in [2.05, 4.69) is 0 Å². The number of carbonyl (C=O) groups is 2. The van der Waals surface area contributed by atoms with Gasteiger partial charge in [-0.3, -0.25) is 4.79 Å². The lowest BCUT2D eigenvalue weighted by atomic mass is 9.79. The van der Waals surface area contributed by atoms with Crippen molar-refractivity contribution in [3.05, 3.63) is 30.3 Å². The molecule has 1 aromatic rings. The van der Waals surface area contributed by atoms with E-state index in [1.54, 1.807) is 4.90 Å². The second-order valence-corrected chi connectivity index (χ2v) is 8.93. The second kappa shape index (κ2) is 6.68. The molecule has 2 saturated carbocycles. The number of ether oxygens (including phenoxy) is 2. The van der Waals surface area contributed by atoms with E-state index < -0.39 is 5.60 Å². The number of para-hydroxylation sites is 1. The summed E-state index contributed by atoms with van der Waals surface area (Å²) in [5, 5.41) is 0. The minimum absolute atomic E-state index is 0.257. The summed E-state index contributed by atoms with van der Waals surface area (Å²) in [6, 6.07) is 9.62. The molecule has 4 aliphatic rings. The van der Waals surface area contributed by atoms with Crippen LogP contribution in [0.3, 0.4) is 0 Å². The van der Waals surface area contributed by atoms with Gasteiger partial charge in [0.05, 0.1) is 13.1 Å². The Hall–Kier alpha value is -2.24. The predicted molar refractivity (Wildman–Crippen MR) is 103 cm³/mol. The summed E-state index contributed by atoms with van der Waals surface area (Å²) in [4.78, 5) is 28.8. The Kier molecular flexibility index (Phi) is 4.25. The largest absolute Gasteiger partial charge is 0.492 e. The molecule has 2 aliphatic heterocycles. The maximum absolute atomic E-state index is 12.8. The third kappa shape index (κ3) is 3.12. The molecule has 6 heteroatoms. The van der Waals surface area contributed by atoms with Crippen LogP contribution in [0, 0.1) is 11.3 Å². The Morgan fingerprint density at radius 3 is 2.54 bits per heavy atom. The lowest BCUT2D eigenvalue weighted by Crippen LogP contribution is -2.49. The molecule has 0 bridgehead atoms. The lowest BCUT2D eigenvalue weighted by Gasteiger charge is -2.38. The molecule has 28 heavy (non-hydrogen) atoms. The van der Waals surface area contributed by atoms with Crippen LogP contribution >= 0.6 is 0 Å². The monoisotopic (exact) mass is 384 g/mol. The molecule has 2 aliphatic carbocycles. The minimum Gasteiger partial charge on any atom is -0.492 e. The highest BCUT2D eigenvalue weighted by Crippen LogP contribution is 2.66. The molecule has 1 atom stereocenters. The molecule has 150 valence electrons. The molecule has 2 spiro atoms. The van der Waals surface area contributed by atoms with Crippen molar-refractivity contribution in [2.45, 2.75) is 44.1 Å². The number of likely N-dealkylation sites (tertiary alicyclic amines) is 1. The van der Waals surface area contributed by atoms with Crippen molar-refractivity contribution < 1.29 is 19.1 Å². The van der Waals surface area contributed by atoms with Crippen molar-refractivity contribution in [2.75, 3.05) is 32.8 Å². The van der Waals surface area contributed by atoms with Crippen LogP contribution in [0.2, 0.25) is 0 Å². The normalized spacial score (nSPS) is 26.9. The van der Waals surface area contributed by atoms with E-state index in [0.29, 0.717) is 44.1 Å². The number of piperidine rings is 1. The Balaban J connectivity index is 1.10. The summed E-state index contributed by atoms with van der Waals surface area (Å²) in [6.45, 7) is 2.96. The molecule has 0 unspecified atom stereocenters. The average Bonchev–Trinajstić information content (AvgIpc) is 3.38. The number of carbonyl (C=O) groups excluding carboxylic acids is 2. The highest BCUT2D eigenvalue weighted by molar-refractivity contribution is 5.83. The fourth-order valence-corrected chi connectivity index (χ4v) is 5.15. The lowest BCUT2D eigenvalue weighted by molar-refractivity contribution is -0.137. The van der Waals surface area contributed by atoms with Crippen LogP contribution in [-0.4, -0.2) is 60.2 Å². The minimum atomic E-state index is -0.432. The standard InChI is InChI=1S/C22H28N2O4/c25-19(18-15-21(18)7-4-8-21)23-11-9-22(10-12-23)16-24(20(26)28-22)13-14-27-17-5-2-1-3-6-17/h1-3,5-6,18H,4,7-16H2/t18-/m0/s1.